The van der Waals surface area contributed by atoms with Gasteiger partial charge in [0, 0.05) is 11.1 Å². The number of aryl methyl sites for hydroxylation is 4. The van der Waals surface area contributed by atoms with Crippen LogP contribution in [0.3, 0.4) is 0 Å². The molecule has 1 aromatic heterocycles. The van der Waals surface area contributed by atoms with Gasteiger partial charge in [0.25, 0.3) is 11.5 Å². The molecule has 0 spiro atoms. The Morgan fingerprint density at radius 3 is 2.37 bits per heavy atom. The second-order valence-corrected chi connectivity index (χ2v) is 7.65. The van der Waals surface area contributed by atoms with Gasteiger partial charge in [0.15, 0.2) is 5.82 Å². The molecule has 4 aromatic rings. The van der Waals surface area contributed by atoms with E-state index in [1.54, 1.807) is 18.2 Å². The molecule has 1 heterocycles. The minimum absolute atomic E-state index is 0.313. The summed E-state index contributed by atoms with van der Waals surface area (Å²) in [7, 11) is 0. The van der Waals surface area contributed by atoms with Crippen molar-refractivity contribution in [1.29, 1.82) is 0 Å². The van der Waals surface area contributed by atoms with Crippen molar-refractivity contribution in [2.24, 2.45) is 0 Å². The summed E-state index contributed by atoms with van der Waals surface area (Å²) in [5, 5.41) is 0.450. The van der Waals surface area contributed by atoms with E-state index < -0.39 is 0 Å². The molecule has 0 fully saturated rings. The molecule has 5 nitrogen and oxygen atoms in total. The van der Waals surface area contributed by atoms with Crippen molar-refractivity contribution in [3.63, 3.8) is 0 Å². The molecule has 0 unspecified atom stereocenters. The number of hydrogen-bond acceptors (Lipinski definition) is 3. The van der Waals surface area contributed by atoms with E-state index in [-0.39, 0.29) is 11.5 Å². The fourth-order valence-electron chi connectivity index (χ4n) is 3.58. The zero-order chi connectivity index (χ0) is 21.4. The maximum Gasteiger partial charge on any atom is 0.280 e. The molecule has 3 aromatic carbocycles. The second-order valence-electron chi connectivity index (χ2n) is 7.65. The van der Waals surface area contributed by atoms with Crippen molar-refractivity contribution in [1.82, 2.24) is 9.66 Å². The van der Waals surface area contributed by atoms with Crippen LogP contribution in [0.4, 0.5) is 0 Å². The van der Waals surface area contributed by atoms with Crippen molar-refractivity contribution < 1.29 is 4.79 Å². The first-order valence-electron chi connectivity index (χ1n) is 9.83. The van der Waals surface area contributed by atoms with Crippen LogP contribution in [0.15, 0.2) is 65.5 Å². The van der Waals surface area contributed by atoms with Gasteiger partial charge in [-0.05, 0) is 68.7 Å². The van der Waals surface area contributed by atoms with Crippen LogP contribution >= 0.6 is 0 Å². The maximum absolute atomic E-state index is 13.3. The highest BCUT2D eigenvalue weighted by Gasteiger charge is 2.17. The van der Waals surface area contributed by atoms with Gasteiger partial charge in [-0.25, -0.2) is 4.98 Å². The van der Waals surface area contributed by atoms with E-state index in [4.69, 9.17) is 4.98 Å². The van der Waals surface area contributed by atoms with Gasteiger partial charge in [0.05, 0.1) is 10.9 Å². The number of nitrogens with zero attached hydrogens (tertiary/aromatic N) is 2. The number of hydrogen-bond donors (Lipinski definition) is 1. The molecule has 0 saturated heterocycles. The Morgan fingerprint density at radius 1 is 0.867 bits per heavy atom. The molecular weight excluding hydrogens is 374 g/mol. The van der Waals surface area contributed by atoms with Crippen molar-refractivity contribution in [3.8, 4) is 11.4 Å². The molecule has 150 valence electrons. The molecule has 5 heteroatoms. The largest absolute Gasteiger partial charge is 0.280 e. The number of rotatable bonds is 3. The fourth-order valence-corrected chi connectivity index (χ4v) is 3.58. The van der Waals surface area contributed by atoms with Gasteiger partial charge in [-0.3, -0.25) is 15.0 Å². The van der Waals surface area contributed by atoms with Gasteiger partial charge < -0.3 is 0 Å². The monoisotopic (exact) mass is 397 g/mol. The highest BCUT2D eigenvalue weighted by molar-refractivity contribution is 6.01. The first-order valence-corrected chi connectivity index (χ1v) is 9.83. The average Bonchev–Trinajstić information content (AvgIpc) is 2.72. The number of carbonyl (C=O) groups is 1. The summed E-state index contributed by atoms with van der Waals surface area (Å²) in [6, 6.07) is 18.7. The number of amides is 1. The molecule has 0 bridgehead atoms. The van der Waals surface area contributed by atoms with E-state index in [0.29, 0.717) is 22.3 Å². The lowest BCUT2D eigenvalue weighted by Gasteiger charge is -2.16. The van der Waals surface area contributed by atoms with E-state index in [1.165, 1.54) is 4.68 Å². The summed E-state index contributed by atoms with van der Waals surface area (Å²) in [5.41, 5.74) is 8.40. The lowest BCUT2D eigenvalue weighted by molar-refractivity contribution is 0.101. The number of aromatic nitrogens is 2. The van der Waals surface area contributed by atoms with E-state index in [2.05, 4.69) is 5.43 Å². The molecule has 0 saturated carbocycles. The summed E-state index contributed by atoms with van der Waals surface area (Å²) in [4.78, 5) is 31.1. The quantitative estimate of drug-likeness (QED) is 0.546. The number of carbonyl (C=O) groups excluding carboxylic acids is 1. The zero-order valence-corrected chi connectivity index (χ0v) is 17.5. The summed E-state index contributed by atoms with van der Waals surface area (Å²) < 4.78 is 1.26. The van der Waals surface area contributed by atoms with Gasteiger partial charge in [-0.1, -0.05) is 42.0 Å². The summed E-state index contributed by atoms with van der Waals surface area (Å²) in [6.45, 7) is 7.85. The third-order valence-electron chi connectivity index (χ3n) is 5.35. The maximum atomic E-state index is 13.3. The normalized spacial score (nSPS) is 10.9. The van der Waals surface area contributed by atoms with E-state index in [1.807, 2.05) is 70.2 Å². The number of para-hydroxylation sites is 1. The Hall–Kier alpha value is -3.73. The van der Waals surface area contributed by atoms with E-state index in [9.17, 15) is 9.59 Å². The van der Waals surface area contributed by atoms with Gasteiger partial charge in [0.2, 0.25) is 0 Å². The predicted octanol–water partition coefficient (Wildman–Crippen LogP) is 4.68. The Kier molecular flexibility index (Phi) is 4.96. The van der Waals surface area contributed by atoms with Gasteiger partial charge >= 0.3 is 0 Å². The van der Waals surface area contributed by atoms with Crippen LogP contribution in [-0.2, 0) is 0 Å². The van der Waals surface area contributed by atoms with Gasteiger partial charge in [-0.2, -0.15) is 4.68 Å². The predicted molar refractivity (Wildman–Crippen MR) is 121 cm³/mol. The second kappa shape index (κ2) is 7.59. The Bertz CT molecular complexity index is 1350. The third kappa shape index (κ3) is 3.50. The first kappa shape index (κ1) is 19.6. The molecule has 1 amide bonds. The molecule has 0 aliphatic heterocycles. The Labute approximate surface area is 175 Å². The van der Waals surface area contributed by atoms with Crippen LogP contribution in [0, 0.1) is 27.7 Å². The van der Waals surface area contributed by atoms with Crippen molar-refractivity contribution in [2.45, 2.75) is 27.7 Å². The van der Waals surface area contributed by atoms with Crippen LogP contribution in [0.2, 0.25) is 0 Å². The lowest BCUT2D eigenvalue weighted by atomic mass is 10.0. The molecule has 4 rings (SSSR count). The molecule has 0 radical (unpaired) electrons. The van der Waals surface area contributed by atoms with Crippen LogP contribution in [0.25, 0.3) is 22.3 Å². The molecule has 0 aliphatic rings. The smallest absolute Gasteiger partial charge is 0.267 e. The third-order valence-corrected chi connectivity index (χ3v) is 5.35. The van der Waals surface area contributed by atoms with Crippen LogP contribution in [0.1, 0.15) is 32.6 Å². The minimum Gasteiger partial charge on any atom is -0.267 e. The topological polar surface area (TPSA) is 64.0 Å². The Morgan fingerprint density at radius 2 is 1.60 bits per heavy atom. The molecule has 1 N–H and O–H groups in total. The summed E-state index contributed by atoms with van der Waals surface area (Å²) in [6.07, 6.45) is 0. The zero-order valence-electron chi connectivity index (χ0n) is 17.5. The van der Waals surface area contributed by atoms with E-state index in [0.717, 1.165) is 27.8 Å². The standard InChI is InChI=1S/C25H23N3O2/c1-15-8-7-9-19(12-15)23-26-22-11-6-5-10-20(22)25(30)28(23)27-24(29)21-14-17(3)16(2)13-18(21)4/h5-14H,1-4H3,(H,27,29). The average molecular weight is 397 g/mol. The van der Waals surface area contributed by atoms with E-state index >= 15 is 0 Å². The molecule has 30 heavy (non-hydrogen) atoms. The van der Waals surface area contributed by atoms with Crippen molar-refractivity contribution >= 4 is 16.8 Å². The highest BCUT2D eigenvalue weighted by atomic mass is 16.2. The lowest BCUT2D eigenvalue weighted by Crippen LogP contribution is -2.35. The van der Waals surface area contributed by atoms with Crippen molar-refractivity contribution in [3.05, 3.63) is 98.8 Å². The molecule has 0 aliphatic carbocycles. The highest BCUT2D eigenvalue weighted by Crippen LogP contribution is 2.20. The minimum atomic E-state index is -0.344. The number of fused-ring (bicyclic) bond motifs is 1. The number of benzene rings is 3. The van der Waals surface area contributed by atoms with Crippen LogP contribution in [-0.4, -0.2) is 15.6 Å². The van der Waals surface area contributed by atoms with Crippen LogP contribution in [0.5, 0.6) is 0 Å². The SMILES string of the molecule is Cc1cccc(-c2nc3ccccc3c(=O)n2NC(=O)c2cc(C)c(C)cc2C)c1. The summed E-state index contributed by atoms with van der Waals surface area (Å²) >= 11 is 0. The summed E-state index contributed by atoms with van der Waals surface area (Å²) in [5.74, 6) is 0.0564. The van der Waals surface area contributed by atoms with Crippen molar-refractivity contribution in [2.75, 3.05) is 5.43 Å². The fraction of sp³-hybridized carbons (Fsp3) is 0.160. The van der Waals surface area contributed by atoms with Crippen LogP contribution < -0.4 is 11.0 Å². The Balaban J connectivity index is 1.90. The van der Waals surface area contributed by atoms with Gasteiger partial charge in [0.1, 0.15) is 0 Å². The number of nitrogens with one attached hydrogen (secondary N) is 1. The van der Waals surface area contributed by atoms with Gasteiger partial charge in [-0.15, -0.1) is 0 Å². The first-order chi connectivity index (χ1) is 14.3. The molecular formula is C25H23N3O2. The molecule has 0 atom stereocenters.